The van der Waals surface area contributed by atoms with Crippen LogP contribution >= 0.6 is 11.6 Å². The number of benzene rings is 1. The molecule has 94 valence electrons. The van der Waals surface area contributed by atoms with Gasteiger partial charge in [-0.2, -0.15) is 0 Å². The molecule has 0 radical (unpaired) electrons. The van der Waals surface area contributed by atoms with Crippen molar-refractivity contribution in [3.8, 4) is 0 Å². The summed E-state index contributed by atoms with van der Waals surface area (Å²) in [4.78, 5) is 2.28. The Labute approximate surface area is 108 Å². The largest absolute Gasteiger partial charge is 0.393 e. The fourth-order valence-electron chi connectivity index (χ4n) is 2.83. The van der Waals surface area contributed by atoms with E-state index in [0.717, 1.165) is 30.7 Å². The molecule has 0 saturated heterocycles. The number of rotatable bonds is 2. The van der Waals surface area contributed by atoms with Crippen molar-refractivity contribution in [3.63, 3.8) is 0 Å². The third-order valence-corrected chi connectivity index (χ3v) is 4.27. The van der Waals surface area contributed by atoms with E-state index in [1.54, 1.807) is 0 Å². The van der Waals surface area contributed by atoms with Crippen LogP contribution in [0, 0.1) is 0 Å². The maximum absolute atomic E-state index is 9.67. The smallest absolute Gasteiger partial charge is 0.0541 e. The first-order valence-corrected chi connectivity index (χ1v) is 6.54. The predicted molar refractivity (Wildman–Crippen MR) is 71.3 cm³/mol. The van der Waals surface area contributed by atoms with Gasteiger partial charge >= 0.3 is 0 Å². The number of nitrogens with zero attached hydrogens (tertiary/aromatic N) is 1. The second-order valence-corrected chi connectivity index (χ2v) is 5.60. The van der Waals surface area contributed by atoms with E-state index in [4.69, 9.17) is 11.6 Å². The Balaban J connectivity index is 2.31. The average Bonchev–Trinajstić information content (AvgIpc) is 2.31. The predicted octanol–water partition coefficient (Wildman–Crippen LogP) is 3.03. The fraction of sp³-hybridized carbons (Fsp3) is 0.571. The van der Waals surface area contributed by atoms with Crippen molar-refractivity contribution in [2.24, 2.45) is 0 Å². The minimum Gasteiger partial charge on any atom is -0.393 e. The summed E-state index contributed by atoms with van der Waals surface area (Å²) < 4.78 is 0. The van der Waals surface area contributed by atoms with Crippen molar-refractivity contribution in [1.29, 1.82) is 0 Å². The van der Waals surface area contributed by atoms with Crippen LogP contribution in [0.4, 0.5) is 0 Å². The van der Waals surface area contributed by atoms with E-state index in [2.05, 4.69) is 31.1 Å². The molecule has 1 fully saturated rings. The van der Waals surface area contributed by atoms with E-state index in [1.165, 1.54) is 5.56 Å². The lowest BCUT2D eigenvalue weighted by atomic mass is 9.75. The van der Waals surface area contributed by atoms with Crippen molar-refractivity contribution < 1.29 is 5.11 Å². The van der Waals surface area contributed by atoms with Crippen molar-refractivity contribution in [1.82, 2.24) is 4.90 Å². The molecule has 0 heterocycles. The number of halogens is 1. The highest BCUT2D eigenvalue weighted by molar-refractivity contribution is 6.30. The van der Waals surface area contributed by atoms with Crippen LogP contribution in [0.25, 0.3) is 0 Å². The monoisotopic (exact) mass is 253 g/mol. The third kappa shape index (κ3) is 2.49. The van der Waals surface area contributed by atoms with Gasteiger partial charge in [-0.3, -0.25) is 4.90 Å². The summed E-state index contributed by atoms with van der Waals surface area (Å²) >= 11 is 5.95. The Morgan fingerprint density at radius 2 is 1.71 bits per heavy atom. The summed E-state index contributed by atoms with van der Waals surface area (Å²) in [6.07, 6.45) is 3.63. The summed E-state index contributed by atoms with van der Waals surface area (Å²) in [6.45, 7) is 0. The maximum atomic E-state index is 9.67. The van der Waals surface area contributed by atoms with Crippen molar-refractivity contribution in [2.75, 3.05) is 14.1 Å². The van der Waals surface area contributed by atoms with E-state index < -0.39 is 0 Å². The molecule has 1 saturated carbocycles. The lowest BCUT2D eigenvalue weighted by Gasteiger charge is -2.44. The molecule has 1 aliphatic carbocycles. The summed E-state index contributed by atoms with van der Waals surface area (Å²) in [7, 11) is 4.23. The maximum Gasteiger partial charge on any atom is 0.0541 e. The Bertz CT molecular complexity index is 366. The van der Waals surface area contributed by atoms with E-state index in [1.807, 2.05) is 12.1 Å². The Hall–Kier alpha value is -0.570. The molecule has 0 aromatic heterocycles. The second kappa shape index (κ2) is 4.97. The first-order valence-electron chi connectivity index (χ1n) is 6.16. The van der Waals surface area contributed by atoms with E-state index >= 15 is 0 Å². The Kier molecular flexibility index (Phi) is 3.76. The molecule has 2 nitrogen and oxygen atoms in total. The van der Waals surface area contributed by atoms with Gasteiger partial charge in [0.25, 0.3) is 0 Å². The normalized spacial score (nSPS) is 29.6. The molecule has 3 heteroatoms. The van der Waals surface area contributed by atoms with Crippen LogP contribution in [0.5, 0.6) is 0 Å². The molecule has 0 amide bonds. The van der Waals surface area contributed by atoms with Gasteiger partial charge in [-0.05, 0) is 57.5 Å². The lowest BCUT2D eigenvalue weighted by molar-refractivity contribution is 0.0309. The third-order valence-electron chi connectivity index (χ3n) is 4.02. The molecule has 1 aromatic carbocycles. The topological polar surface area (TPSA) is 23.5 Å². The first-order chi connectivity index (χ1) is 8.04. The van der Waals surface area contributed by atoms with Gasteiger partial charge in [-0.15, -0.1) is 0 Å². The number of hydrogen-bond donors (Lipinski definition) is 1. The molecule has 0 spiro atoms. The molecule has 0 aliphatic heterocycles. The molecule has 1 aromatic rings. The van der Waals surface area contributed by atoms with Crippen LogP contribution < -0.4 is 0 Å². The zero-order valence-corrected chi connectivity index (χ0v) is 11.2. The van der Waals surface area contributed by atoms with Gasteiger partial charge in [-0.25, -0.2) is 0 Å². The van der Waals surface area contributed by atoms with Crippen molar-refractivity contribution >= 4 is 11.6 Å². The van der Waals surface area contributed by atoms with Crippen LogP contribution in [-0.4, -0.2) is 30.2 Å². The zero-order valence-electron chi connectivity index (χ0n) is 10.5. The highest BCUT2D eigenvalue weighted by Crippen LogP contribution is 2.41. The van der Waals surface area contributed by atoms with Crippen LogP contribution in [-0.2, 0) is 5.54 Å². The average molecular weight is 254 g/mol. The molecular weight excluding hydrogens is 234 g/mol. The van der Waals surface area contributed by atoms with E-state index in [-0.39, 0.29) is 11.6 Å². The van der Waals surface area contributed by atoms with Crippen LogP contribution in [0.15, 0.2) is 24.3 Å². The zero-order chi connectivity index (χ0) is 12.5. The molecule has 0 bridgehead atoms. The van der Waals surface area contributed by atoms with Crippen LogP contribution in [0.3, 0.4) is 0 Å². The SMILES string of the molecule is CN(C)C1(c2ccc(Cl)cc2)CCC(O)CC1. The second-order valence-electron chi connectivity index (χ2n) is 5.16. The van der Waals surface area contributed by atoms with Gasteiger partial charge in [0.15, 0.2) is 0 Å². The molecule has 17 heavy (non-hydrogen) atoms. The van der Waals surface area contributed by atoms with E-state index in [9.17, 15) is 5.11 Å². The van der Waals surface area contributed by atoms with Crippen LogP contribution in [0.2, 0.25) is 5.02 Å². The molecule has 1 aliphatic rings. The Morgan fingerprint density at radius 1 is 1.18 bits per heavy atom. The van der Waals surface area contributed by atoms with Gasteiger partial charge in [0, 0.05) is 10.6 Å². The van der Waals surface area contributed by atoms with Gasteiger partial charge in [0.05, 0.1) is 6.10 Å². The summed E-state index contributed by atoms with van der Waals surface area (Å²) in [5, 5.41) is 10.5. The van der Waals surface area contributed by atoms with Gasteiger partial charge in [0.1, 0.15) is 0 Å². The van der Waals surface area contributed by atoms with Crippen LogP contribution in [0.1, 0.15) is 31.2 Å². The molecular formula is C14H20ClNO. The number of hydrogen-bond acceptors (Lipinski definition) is 2. The van der Waals surface area contributed by atoms with Gasteiger partial charge in [0.2, 0.25) is 0 Å². The summed E-state index contributed by atoms with van der Waals surface area (Å²) in [5.74, 6) is 0. The van der Waals surface area contributed by atoms with Gasteiger partial charge in [-0.1, -0.05) is 23.7 Å². The summed E-state index contributed by atoms with van der Waals surface area (Å²) in [6, 6.07) is 8.13. The van der Waals surface area contributed by atoms with Crippen molar-refractivity contribution in [2.45, 2.75) is 37.3 Å². The minimum atomic E-state index is -0.129. The quantitative estimate of drug-likeness (QED) is 0.876. The Morgan fingerprint density at radius 3 is 2.18 bits per heavy atom. The molecule has 0 atom stereocenters. The van der Waals surface area contributed by atoms with E-state index in [0.29, 0.717) is 0 Å². The highest BCUT2D eigenvalue weighted by atomic mass is 35.5. The lowest BCUT2D eigenvalue weighted by Crippen LogP contribution is -2.45. The van der Waals surface area contributed by atoms with Crippen molar-refractivity contribution in [3.05, 3.63) is 34.9 Å². The molecule has 2 rings (SSSR count). The number of aliphatic hydroxyl groups is 1. The standard InChI is InChI=1S/C14H20ClNO/c1-16(2)14(9-7-13(17)8-10-14)11-3-5-12(15)6-4-11/h3-6,13,17H,7-10H2,1-2H3. The van der Waals surface area contributed by atoms with Gasteiger partial charge < -0.3 is 5.11 Å². The molecule has 0 unspecified atom stereocenters. The summed E-state index contributed by atoms with van der Waals surface area (Å²) in [5.41, 5.74) is 1.36. The number of aliphatic hydroxyl groups excluding tert-OH is 1. The fourth-order valence-corrected chi connectivity index (χ4v) is 2.96. The minimum absolute atomic E-state index is 0.0593. The molecule has 1 N–H and O–H groups in total. The first kappa shape index (κ1) is 12.9. The highest BCUT2D eigenvalue weighted by Gasteiger charge is 2.38.